The van der Waals surface area contributed by atoms with E-state index in [1.165, 1.54) is 16.7 Å². The van der Waals surface area contributed by atoms with Gasteiger partial charge in [-0.3, -0.25) is 0 Å². The second-order valence-corrected chi connectivity index (χ2v) is 3.13. The van der Waals surface area contributed by atoms with Crippen LogP contribution in [0.15, 0.2) is 48.5 Å². The first kappa shape index (κ1) is 11.6. The van der Waals surface area contributed by atoms with Crippen LogP contribution in [0, 0.1) is 13.0 Å². The molecule has 1 heteroatoms. The predicted octanol–water partition coefficient (Wildman–Crippen LogP) is 3.46. The molecule has 0 unspecified atom stereocenters. The fourth-order valence-electron chi connectivity index (χ4n) is 1.31. The minimum absolute atomic E-state index is 0. The molecule has 0 saturated carbocycles. The van der Waals surface area contributed by atoms with Gasteiger partial charge in [-0.2, -0.15) is 29.8 Å². The Balaban J connectivity index is 0.000000980. The Labute approximate surface area is 110 Å². The maximum Gasteiger partial charge on any atom is 0 e. The fraction of sp³-hybridized carbons (Fsp3) is 0.0769. The summed E-state index contributed by atoms with van der Waals surface area (Å²) in [6.45, 7) is 2.05. The van der Waals surface area contributed by atoms with E-state index in [1.54, 1.807) is 0 Å². The van der Waals surface area contributed by atoms with Crippen LogP contribution in [0.3, 0.4) is 0 Å². The van der Waals surface area contributed by atoms with Crippen molar-refractivity contribution in [1.82, 2.24) is 0 Å². The Kier molecular flexibility index (Phi) is 4.51. The van der Waals surface area contributed by atoms with Crippen LogP contribution in [0.4, 0.5) is 0 Å². The summed E-state index contributed by atoms with van der Waals surface area (Å²) >= 11 is 0. The van der Waals surface area contributed by atoms with E-state index < -0.39 is 0 Å². The second kappa shape index (κ2) is 5.43. The van der Waals surface area contributed by atoms with E-state index in [0.717, 1.165) is 0 Å². The van der Waals surface area contributed by atoms with E-state index in [4.69, 9.17) is 0 Å². The smallest absolute Gasteiger partial charge is 0 e. The van der Waals surface area contributed by atoms with E-state index in [9.17, 15) is 0 Å². The Morgan fingerprint density at radius 3 is 2.14 bits per heavy atom. The number of hydrogen-bond acceptors (Lipinski definition) is 0. The van der Waals surface area contributed by atoms with Crippen LogP contribution in [0.1, 0.15) is 5.56 Å². The molecule has 0 aliphatic rings. The molecule has 0 fully saturated rings. The van der Waals surface area contributed by atoms with E-state index in [0.29, 0.717) is 0 Å². The average Bonchev–Trinajstić information content (AvgIpc) is 2.20. The van der Waals surface area contributed by atoms with Gasteiger partial charge in [0.15, 0.2) is 0 Å². The van der Waals surface area contributed by atoms with Crippen molar-refractivity contribution in [3.63, 3.8) is 0 Å². The molecular formula is C13H11Y-. The number of aryl methyl sites for hydroxylation is 1. The summed E-state index contributed by atoms with van der Waals surface area (Å²) < 4.78 is 0. The van der Waals surface area contributed by atoms with Gasteiger partial charge in [-0.15, -0.1) is 5.56 Å². The Hall–Kier alpha value is -0.456. The van der Waals surface area contributed by atoms with Crippen molar-refractivity contribution in [1.29, 1.82) is 0 Å². The summed E-state index contributed by atoms with van der Waals surface area (Å²) in [6.07, 6.45) is 0. The van der Waals surface area contributed by atoms with Crippen molar-refractivity contribution in [2.75, 3.05) is 0 Å². The van der Waals surface area contributed by atoms with Gasteiger partial charge in [0.05, 0.1) is 0 Å². The number of hydrogen-bond donors (Lipinski definition) is 0. The Bertz CT molecular complexity index is 376. The van der Waals surface area contributed by atoms with Crippen molar-refractivity contribution in [2.24, 2.45) is 0 Å². The van der Waals surface area contributed by atoms with Gasteiger partial charge in [0.2, 0.25) is 0 Å². The van der Waals surface area contributed by atoms with Crippen molar-refractivity contribution in [2.45, 2.75) is 6.92 Å². The van der Waals surface area contributed by atoms with E-state index in [2.05, 4.69) is 49.4 Å². The molecule has 0 aromatic heterocycles. The Morgan fingerprint density at radius 2 is 1.57 bits per heavy atom. The molecule has 0 atom stereocenters. The standard InChI is InChI=1S/C13H11.Y/c1-11-7-9-13(10-8-11)12-5-3-2-4-6-12;/h2-7,9-10H,1H3;/q-1;. The normalized spacial score (nSPS) is 9.21. The van der Waals surface area contributed by atoms with Gasteiger partial charge >= 0.3 is 0 Å². The SMILES string of the molecule is Cc1[c-]cc(-c2ccccc2)cc1.[Y]. The summed E-state index contributed by atoms with van der Waals surface area (Å²) in [4.78, 5) is 0. The van der Waals surface area contributed by atoms with Gasteiger partial charge in [0, 0.05) is 32.7 Å². The van der Waals surface area contributed by atoms with Crippen molar-refractivity contribution < 1.29 is 32.7 Å². The molecule has 0 heterocycles. The minimum Gasteiger partial charge on any atom is -0.180 e. The summed E-state index contributed by atoms with van der Waals surface area (Å²) in [6, 6.07) is 19.8. The van der Waals surface area contributed by atoms with E-state index in [-0.39, 0.29) is 32.7 Å². The van der Waals surface area contributed by atoms with Crippen LogP contribution in [-0.2, 0) is 32.7 Å². The van der Waals surface area contributed by atoms with Gasteiger partial charge in [-0.25, -0.2) is 0 Å². The third-order valence-corrected chi connectivity index (χ3v) is 2.08. The summed E-state index contributed by atoms with van der Waals surface area (Å²) in [7, 11) is 0. The molecule has 67 valence electrons. The number of benzene rings is 2. The van der Waals surface area contributed by atoms with Crippen LogP contribution in [-0.4, -0.2) is 0 Å². The molecule has 0 nitrogen and oxygen atoms in total. The van der Waals surface area contributed by atoms with Crippen LogP contribution < -0.4 is 0 Å². The quantitative estimate of drug-likeness (QED) is 0.685. The van der Waals surface area contributed by atoms with Gasteiger partial charge in [-0.05, 0) is 0 Å². The molecule has 0 saturated heterocycles. The summed E-state index contributed by atoms with van der Waals surface area (Å²) in [5, 5.41) is 0. The maximum absolute atomic E-state index is 3.20. The molecule has 0 aliphatic carbocycles. The van der Waals surface area contributed by atoms with Crippen LogP contribution in [0.5, 0.6) is 0 Å². The second-order valence-electron chi connectivity index (χ2n) is 3.13. The molecule has 0 amide bonds. The van der Waals surface area contributed by atoms with Gasteiger partial charge in [-0.1, -0.05) is 42.8 Å². The first-order chi connectivity index (χ1) is 6.36. The first-order valence-corrected chi connectivity index (χ1v) is 4.40. The van der Waals surface area contributed by atoms with Gasteiger partial charge in [0.25, 0.3) is 0 Å². The molecule has 0 bridgehead atoms. The molecule has 2 rings (SSSR count). The predicted molar refractivity (Wildman–Crippen MR) is 55.5 cm³/mol. The maximum atomic E-state index is 3.20. The fourth-order valence-corrected chi connectivity index (χ4v) is 1.31. The molecule has 14 heavy (non-hydrogen) atoms. The van der Waals surface area contributed by atoms with Gasteiger partial charge < -0.3 is 0 Å². The number of rotatable bonds is 1. The monoisotopic (exact) mass is 256 g/mol. The Morgan fingerprint density at radius 1 is 0.857 bits per heavy atom. The topological polar surface area (TPSA) is 0 Å². The van der Waals surface area contributed by atoms with E-state index in [1.807, 2.05) is 12.1 Å². The van der Waals surface area contributed by atoms with E-state index >= 15 is 0 Å². The molecular weight excluding hydrogens is 245 g/mol. The van der Waals surface area contributed by atoms with Crippen molar-refractivity contribution >= 4 is 0 Å². The van der Waals surface area contributed by atoms with Crippen LogP contribution in [0.25, 0.3) is 11.1 Å². The summed E-state index contributed by atoms with van der Waals surface area (Å²) in [5.41, 5.74) is 3.66. The van der Waals surface area contributed by atoms with Crippen LogP contribution in [0.2, 0.25) is 0 Å². The zero-order chi connectivity index (χ0) is 9.10. The third-order valence-electron chi connectivity index (χ3n) is 2.08. The van der Waals surface area contributed by atoms with Gasteiger partial charge in [0.1, 0.15) is 0 Å². The first-order valence-electron chi connectivity index (χ1n) is 4.40. The minimum atomic E-state index is 0. The molecule has 0 aliphatic heterocycles. The van der Waals surface area contributed by atoms with Crippen LogP contribution >= 0.6 is 0 Å². The average molecular weight is 256 g/mol. The summed E-state index contributed by atoms with van der Waals surface area (Å²) in [5.74, 6) is 0. The van der Waals surface area contributed by atoms with Crippen molar-refractivity contribution in [3.8, 4) is 11.1 Å². The zero-order valence-corrected chi connectivity index (χ0v) is 11.0. The molecule has 0 N–H and O–H groups in total. The zero-order valence-electron chi connectivity index (χ0n) is 8.20. The third kappa shape index (κ3) is 2.77. The molecule has 2 aromatic carbocycles. The molecule has 2 aromatic rings. The molecule has 1 radical (unpaired) electrons. The largest absolute Gasteiger partial charge is 0.180 e. The van der Waals surface area contributed by atoms with Crippen molar-refractivity contribution in [3.05, 3.63) is 60.2 Å². The molecule has 0 spiro atoms.